The quantitative estimate of drug-likeness (QED) is 0.600. The summed E-state index contributed by atoms with van der Waals surface area (Å²) in [5.41, 5.74) is 3.14. The van der Waals surface area contributed by atoms with Crippen LogP contribution in [0.1, 0.15) is 55.2 Å². The summed E-state index contributed by atoms with van der Waals surface area (Å²) < 4.78 is 5.62. The Morgan fingerprint density at radius 2 is 1.83 bits per heavy atom. The first kappa shape index (κ1) is 22.4. The van der Waals surface area contributed by atoms with E-state index in [1.807, 2.05) is 52.9 Å². The summed E-state index contributed by atoms with van der Waals surface area (Å²) in [6, 6.07) is 13.0. The topological polar surface area (TPSA) is 79.5 Å². The van der Waals surface area contributed by atoms with Crippen LogP contribution in [0.15, 0.2) is 42.5 Å². The molecule has 6 heteroatoms. The molecule has 29 heavy (non-hydrogen) atoms. The second-order valence-corrected chi connectivity index (χ2v) is 7.26. The molecule has 0 spiro atoms. The largest absolute Gasteiger partial charge is 0.493 e. The first-order valence-electron chi connectivity index (χ1n) is 9.97. The molecule has 0 bridgehead atoms. The van der Waals surface area contributed by atoms with Gasteiger partial charge in [-0.25, -0.2) is 0 Å². The van der Waals surface area contributed by atoms with Gasteiger partial charge in [0.25, 0.3) is 5.91 Å². The maximum Gasteiger partial charge on any atom is 0.255 e. The van der Waals surface area contributed by atoms with E-state index in [9.17, 15) is 9.59 Å². The first-order chi connectivity index (χ1) is 13.8. The lowest BCUT2D eigenvalue weighted by Gasteiger charge is -2.18. The predicted octanol–water partition coefficient (Wildman–Crippen LogP) is 3.89. The Hall–Kier alpha value is -2.86. The Balaban J connectivity index is 2.22. The summed E-state index contributed by atoms with van der Waals surface area (Å²) in [6.45, 7) is 8.66. The monoisotopic (exact) mass is 397 g/mol. The van der Waals surface area contributed by atoms with E-state index in [-0.39, 0.29) is 23.8 Å². The van der Waals surface area contributed by atoms with Crippen molar-refractivity contribution in [1.29, 1.82) is 0 Å². The van der Waals surface area contributed by atoms with Crippen LogP contribution in [0.25, 0.3) is 0 Å². The number of benzene rings is 2. The highest BCUT2D eigenvalue weighted by Gasteiger charge is 2.18. The molecule has 0 saturated heterocycles. The van der Waals surface area contributed by atoms with Gasteiger partial charge in [-0.2, -0.15) is 0 Å². The Kier molecular flexibility index (Phi) is 8.21. The molecular formula is C23H31N3O3. The molecule has 2 aromatic rings. The minimum Gasteiger partial charge on any atom is -0.493 e. The highest BCUT2D eigenvalue weighted by atomic mass is 16.5. The molecule has 1 unspecified atom stereocenters. The molecule has 0 radical (unpaired) electrons. The molecule has 156 valence electrons. The van der Waals surface area contributed by atoms with E-state index in [0.29, 0.717) is 23.6 Å². The number of rotatable bonds is 9. The number of carbonyl (C=O) groups is 2. The van der Waals surface area contributed by atoms with Gasteiger partial charge in [0.15, 0.2) is 0 Å². The van der Waals surface area contributed by atoms with Crippen molar-refractivity contribution in [1.82, 2.24) is 10.6 Å². The van der Waals surface area contributed by atoms with Gasteiger partial charge in [0.05, 0.1) is 18.2 Å². The SMILES string of the molecule is CCOc1ccc(NC(=O)C(C)C)cc1C(=O)NC(C)c1cccc(CNC)c1. The maximum absolute atomic E-state index is 13.0. The molecular weight excluding hydrogens is 366 g/mol. The molecule has 2 amide bonds. The van der Waals surface area contributed by atoms with Crippen molar-refractivity contribution >= 4 is 17.5 Å². The average molecular weight is 398 g/mol. The second-order valence-electron chi connectivity index (χ2n) is 7.26. The third-order valence-corrected chi connectivity index (χ3v) is 4.50. The lowest BCUT2D eigenvalue weighted by atomic mass is 10.0. The number of anilines is 1. The van der Waals surface area contributed by atoms with Crippen LogP contribution in [-0.2, 0) is 11.3 Å². The van der Waals surface area contributed by atoms with Gasteiger partial charge in [0, 0.05) is 18.2 Å². The summed E-state index contributed by atoms with van der Waals surface area (Å²) in [5, 5.41) is 8.99. The third-order valence-electron chi connectivity index (χ3n) is 4.50. The molecule has 0 saturated carbocycles. The number of nitrogens with one attached hydrogen (secondary N) is 3. The van der Waals surface area contributed by atoms with Gasteiger partial charge >= 0.3 is 0 Å². The van der Waals surface area contributed by atoms with Gasteiger partial charge in [0.1, 0.15) is 5.75 Å². The van der Waals surface area contributed by atoms with Crippen LogP contribution in [0.2, 0.25) is 0 Å². The average Bonchev–Trinajstić information content (AvgIpc) is 2.69. The first-order valence-corrected chi connectivity index (χ1v) is 9.97. The highest BCUT2D eigenvalue weighted by Crippen LogP contribution is 2.25. The molecule has 0 aliphatic rings. The van der Waals surface area contributed by atoms with Crippen LogP contribution >= 0.6 is 0 Å². The molecule has 6 nitrogen and oxygen atoms in total. The maximum atomic E-state index is 13.0. The number of carbonyl (C=O) groups excluding carboxylic acids is 2. The normalized spacial score (nSPS) is 11.8. The van der Waals surface area contributed by atoms with Gasteiger partial charge in [0.2, 0.25) is 5.91 Å². The Bertz CT molecular complexity index is 849. The van der Waals surface area contributed by atoms with Gasteiger partial charge in [-0.1, -0.05) is 38.1 Å². The fourth-order valence-corrected chi connectivity index (χ4v) is 2.89. The van der Waals surface area contributed by atoms with Crippen molar-refractivity contribution in [2.75, 3.05) is 19.0 Å². The van der Waals surface area contributed by atoms with Gasteiger partial charge in [-0.05, 0) is 50.2 Å². The third kappa shape index (κ3) is 6.32. The Labute approximate surface area is 173 Å². The minimum absolute atomic E-state index is 0.102. The van der Waals surface area contributed by atoms with Crippen LogP contribution in [-0.4, -0.2) is 25.5 Å². The van der Waals surface area contributed by atoms with E-state index >= 15 is 0 Å². The molecule has 1 atom stereocenters. The number of amides is 2. The molecule has 2 aromatic carbocycles. The van der Waals surface area contributed by atoms with Gasteiger partial charge in [-0.15, -0.1) is 0 Å². The van der Waals surface area contributed by atoms with Crippen LogP contribution in [0.3, 0.4) is 0 Å². The van der Waals surface area contributed by atoms with Crippen LogP contribution < -0.4 is 20.7 Å². The molecule has 0 heterocycles. The van der Waals surface area contributed by atoms with Gasteiger partial charge in [-0.3, -0.25) is 9.59 Å². The number of hydrogen-bond donors (Lipinski definition) is 3. The zero-order chi connectivity index (χ0) is 21.4. The van der Waals surface area contributed by atoms with Crippen molar-refractivity contribution in [3.63, 3.8) is 0 Å². The van der Waals surface area contributed by atoms with E-state index in [4.69, 9.17) is 4.74 Å². The number of ether oxygens (including phenoxy) is 1. The second kappa shape index (κ2) is 10.6. The van der Waals surface area contributed by atoms with Crippen molar-refractivity contribution in [3.8, 4) is 5.75 Å². The summed E-state index contributed by atoms with van der Waals surface area (Å²) in [6.07, 6.45) is 0. The van der Waals surface area contributed by atoms with E-state index < -0.39 is 0 Å². The van der Waals surface area contributed by atoms with Crippen molar-refractivity contribution in [2.45, 2.75) is 40.3 Å². The Morgan fingerprint density at radius 3 is 2.48 bits per heavy atom. The minimum atomic E-state index is -0.249. The predicted molar refractivity (Wildman–Crippen MR) is 116 cm³/mol. The standard InChI is InChI=1S/C23H31N3O3/c1-6-29-21-11-10-19(26-22(27)15(2)3)13-20(21)23(28)25-16(4)18-9-7-8-17(12-18)14-24-5/h7-13,15-16,24H,6,14H2,1-5H3,(H,25,28)(H,26,27). The number of hydrogen-bond acceptors (Lipinski definition) is 4. The lowest BCUT2D eigenvalue weighted by Crippen LogP contribution is -2.27. The summed E-state index contributed by atoms with van der Waals surface area (Å²) in [7, 11) is 1.90. The Morgan fingerprint density at radius 1 is 1.07 bits per heavy atom. The smallest absolute Gasteiger partial charge is 0.255 e. The van der Waals surface area contributed by atoms with Crippen molar-refractivity contribution < 1.29 is 14.3 Å². The summed E-state index contributed by atoms with van der Waals surface area (Å²) >= 11 is 0. The van der Waals surface area contributed by atoms with Crippen molar-refractivity contribution in [2.24, 2.45) is 5.92 Å². The molecule has 0 aliphatic heterocycles. The summed E-state index contributed by atoms with van der Waals surface area (Å²) in [5.74, 6) is -0.0108. The van der Waals surface area contributed by atoms with E-state index in [1.54, 1.807) is 18.2 Å². The van der Waals surface area contributed by atoms with E-state index in [0.717, 1.165) is 17.7 Å². The molecule has 0 aliphatic carbocycles. The van der Waals surface area contributed by atoms with E-state index in [2.05, 4.69) is 22.0 Å². The molecule has 2 rings (SSSR count). The van der Waals surface area contributed by atoms with Gasteiger partial charge < -0.3 is 20.7 Å². The van der Waals surface area contributed by atoms with Crippen molar-refractivity contribution in [3.05, 3.63) is 59.2 Å². The molecule has 3 N–H and O–H groups in total. The lowest BCUT2D eigenvalue weighted by molar-refractivity contribution is -0.118. The van der Waals surface area contributed by atoms with Crippen LogP contribution in [0.5, 0.6) is 5.75 Å². The fourth-order valence-electron chi connectivity index (χ4n) is 2.89. The molecule has 0 fully saturated rings. The molecule has 0 aromatic heterocycles. The van der Waals surface area contributed by atoms with Crippen LogP contribution in [0, 0.1) is 5.92 Å². The fraction of sp³-hybridized carbons (Fsp3) is 0.391. The summed E-state index contributed by atoms with van der Waals surface area (Å²) in [4.78, 5) is 25.0. The van der Waals surface area contributed by atoms with Crippen LogP contribution in [0.4, 0.5) is 5.69 Å². The zero-order valence-electron chi connectivity index (χ0n) is 17.8. The van der Waals surface area contributed by atoms with E-state index in [1.165, 1.54) is 0 Å². The highest BCUT2D eigenvalue weighted by molar-refractivity contribution is 6.00. The zero-order valence-corrected chi connectivity index (χ0v) is 17.8.